The Hall–Kier alpha value is -1.10. The molecule has 1 rings (SSSR count). The van der Waals surface area contributed by atoms with E-state index in [4.69, 9.17) is 14.2 Å². The summed E-state index contributed by atoms with van der Waals surface area (Å²) in [6, 6.07) is 8.28. The molecular weight excluding hydrogens is 242 g/mol. The van der Waals surface area contributed by atoms with Crippen LogP contribution in [0, 0.1) is 0 Å². The van der Waals surface area contributed by atoms with Gasteiger partial charge in [0.2, 0.25) is 0 Å². The Balaban J connectivity index is 2.50. The van der Waals surface area contributed by atoms with Gasteiger partial charge in [-0.2, -0.15) is 0 Å². The summed E-state index contributed by atoms with van der Waals surface area (Å²) < 4.78 is 16.2. The van der Waals surface area contributed by atoms with Crippen LogP contribution in [0.3, 0.4) is 0 Å². The second-order valence-electron chi connectivity index (χ2n) is 4.25. The third-order valence-electron chi connectivity index (χ3n) is 2.89. The van der Waals surface area contributed by atoms with E-state index in [0.717, 1.165) is 5.75 Å². The Morgan fingerprint density at radius 2 is 1.84 bits per heavy atom. The van der Waals surface area contributed by atoms with Crippen LogP contribution in [0.2, 0.25) is 0 Å². The van der Waals surface area contributed by atoms with E-state index in [1.165, 1.54) is 5.56 Å². The summed E-state index contributed by atoms with van der Waals surface area (Å²) in [4.78, 5) is 0. The Bertz CT molecular complexity index is 351. The largest absolute Gasteiger partial charge is 0.497 e. The molecule has 4 nitrogen and oxygen atoms in total. The van der Waals surface area contributed by atoms with Crippen molar-refractivity contribution in [1.82, 2.24) is 5.32 Å². The molecule has 0 aromatic heterocycles. The van der Waals surface area contributed by atoms with Gasteiger partial charge in [-0.05, 0) is 38.5 Å². The summed E-state index contributed by atoms with van der Waals surface area (Å²) in [7, 11) is 1.68. The zero-order valence-corrected chi connectivity index (χ0v) is 12.3. The average Bonchev–Trinajstić information content (AvgIpc) is 2.45. The fraction of sp³-hybridized carbons (Fsp3) is 0.600. The lowest BCUT2D eigenvalue weighted by molar-refractivity contribution is -0.133. The van der Waals surface area contributed by atoms with Crippen molar-refractivity contribution >= 4 is 0 Å². The predicted octanol–water partition coefficient (Wildman–Crippen LogP) is 2.74. The molecule has 108 valence electrons. The molecule has 1 aromatic rings. The summed E-state index contributed by atoms with van der Waals surface area (Å²) >= 11 is 0. The number of hydrogen-bond acceptors (Lipinski definition) is 4. The van der Waals surface area contributed by atoms with E-state index >= 15 is 0 Å². The van der Waals surface area contributed by atoms with E-state index in [1.54, 1.807) is 7.11 Å². The van der Waals surface area contributed by atoms with Gasteiger partial charge in [0.15, 0.2) is 6.29 Å². The normalized spacial score (nSPS) is 12.7. The standard InChI is InChI=1S/C15H25NO3/c1-5-18-15(19-6-2)11-16-12(3)13-8-7-9-14(10-13)17-4/h7-10,12,15-16H,5-6,11H2,1-4H3/t12-/m1/s1. The monoisotopic (exact) mass is 267 g/mol. The van der Waals surface area contributed by atoms with Crippen molar-refractivity contribution < 1.29 is 14.2 Å². The summed E-state index contributed by atoms with van der Waals surface area (Å²) in [5.41, 5.74) is 1.19. The van der Waals surface area contributed by atoms with E-state index in [1.807, 2.05) is 32.0 Å². The number of benzene rings is 1. The second-order valence-corrected chi connectivity index (χ2v) is 4.25. The van der Waals surface area contributed by atoms with Gasteiger partial charge in [-0.25, -0.2) is 0 Å². The lowest BCUT2D eigenvalue weighted by Crippen LogP contribution is -2.33. The molecule has 1 N–H and O–H groups in total. The molecule has 0 aliphatic heterocycles. The Morgan fingerprint density at radius 3 is 2.42 bits per heavy atom. The maximum absolute atomic E-state index is 5.50. The van der Waals surface area contributed by atoms with Crippen molar-refractivity contribution in [2.45, 2.75) is 33.1 Å². The zero-order chi connectivity index (χ0) is 14.1. The van der Waals surface area contributed by atoms with Crippen LogP contribution in [-0.4, -0.2) is 33.2 Å². The molecule has 0 saturated heterocycles. The molecule has 0 unspecified atom stereocenters. The molecule has 0 aliphatic carbocycles. The second kappa shape index (κ2) is 8.91. The quantitative estimate of drug-likeness (QED) is 0.698. The van der Waals surface area contributed by atoms with Gasteiger partial charge in [0.25, 0.3) is 0 Å². The highest BCUT2D eigenvalue weighted by Gasteiger charge is 2.11. The first-order chi connectivity index (χ1) is 9.21. The molecule has 0 amide bonds. The summed E-state index contributed by atoms with van der Waals surface area (Å²) in [5.74, 6) is 0.873. The molecule has 0 radical (unpaired) electrons. The third kappa shape index (κ3) is 5.59. The van der Waals surface area contributed by atoms with Crippen molar-refractivity contribution in [3.8, 4) is 5.75 Å². The molecule has 0 saturated carbocycles. The van der Waals surface area contributed by atoms with Crippen molar-refractivity contribution in [3.63, 3.8) is 0 Å². The highest BCUT2D eigenvalue weighted by atomic mass is 16.7. The van der Waals surface area contributed by atoms with Gasteiger partial charge in [0.1, 0.15) is 5.75 Å². The Morgan fingerprint density at radius 1 is 1.16 bits per heavy atom. The molecule has 0 bridgehead atoms. The van der Waals surface area contributed by atoms with Crippen LogP contribution in [0.15, 0.2) is 24.3 Å². The molecule has 0 spiro atoms. The smallest absolute Gasteiger partial charge is 0.169 e. The number of hydrogen-bond donors (Lipinski definition) is 1. The van der Waals surface area contributed by atoms with Crippen LogP contribution in [0.5, 0.6) is 5.75 Å². The first-order valence-electron chi connectivity index (χ1n) is 6.81. The fourth-order valence-corrected chi connectivity index (χ4v) is 1.84. The van der Waals surface area contributed by atoms with Gasteiger partial charge in [0, 0.05) is 25.8 Å². The van der Waals surface area contributed by atoms with Crippen LogP contribution < -0.4 is 10.1 Å². The maximum Gasteiger partial charge on any atom is 0.169 e. The van der Waals surface area contributed by atoms with Crippen LogP contribution in [-0.2, 0) is 9.47 Å². The molecule has 0 fully saturated rings. The molecular formula is C15H25NO3. The lowest BCUT2D eigenvalue weighted by Gasteiger charge is -2.21. The van der Waals surface area contributed by atoms with E-state index in [-0.39, 0.29) is 12.3 Å². The molecule has 1 aromatic carbocycles. The first kappa shape index (κ1) is 16.0. The van der Waals surface area contributed by atoms with Gasteiger partial charge in [0.05, 0.1) is 7.11 Å². The van der Waals surface area contributed by atoms with Crippen molar-refractivity contribution in [2.75, 3.05) is 26.9 Å². The number of nitrogens with one attached hydrogen (secondary N) is 1. The van der Waals surface area contributed by atoms with E-state index in [9.17, 15) is 0 Å². The third-order valence-corrected chi connectivity index (χ3v) is 2.89. The van der Waals surface area contributed by atoms with Gasteiger partial charge in [-0.1, -0.05) is 12.1 Å². The average molecular weight is 267 g/mol. The summed E-state index contributed by atoms with van der Waals surface area (Å²) in [6.07, 6.45) is -0.192. The molecule has 0 aliphatic rings. The van der Waals surface area contributed by atoms with Gasteiger partial charge in [-0.3, -0.25) is 0 Å². The van der Waals surface area contributed by atoms with Crippen molar-refractivity contribution in [1.29, 1.82) is 0 Å². The SMILES string of the molecule is CCOC(CN[C@H](C)c1cccc(OC)c1)OCC. The Labute approximate surface area is 116 Å². The highest BCUT2D eigenvalue weighted by molar-refractivity contribution is 5.30. The van der Waals surface area contributed by atoms with E-state index in [0.29, 0.717) is 19.8 Å². The molecule has 19 heavy (non-hydrogen) atoms. The number of ether oxygens (including phenoxy) is 3. The predicted molar refractivity (Wildman–Crippen MR) is 76.5 cm³/mol. The summed E-state index contributed by atoms with van der Waals surface area (Å²) in [5, 5.41) is 3.41. The van der Waals surface area contributed by atoms with Crippen molar-refractivity contribution in [2.24, 2.45) is 0 Å². The van der Waals surface area contributed by atoms with Crippen LogP contribution in [0.25, 0.3) is 0 Å². The number of rotatable bonds is 9. The minimum absolute atomic E-state index is 0.192. The molecule has 4 heteroatoms. The van der Waals surface area contributed by atoms with Crippen molar-refractivity contribution in [3.05, 3.63) is 29.8 Å². The highest BCUT2D eigenvalue weighted by Crippen LogP contribution is 2.18. The van der Waals surface area contributed by atoms with Gasteiger partial charge in [-0.15, -0.1) is 0 Å². The lowest BCUT2D eigenvalue weighted by atomic mass is 10.1. The van der Waals surface area contributed by atoms with E-state index < -0.39 is 0 Å². The van der Waals surface area contributed by atoms with Crippen LogP contribution >= 0.6 is 0 Å². The number of methoxy groups -OCH3 is 1. The zero-order valence-electron chi connectivity index (χ0n) is 12.3. The summed E-state index contributed by atoms with van der Waals surface area (Å²) in [6.45, 7) is 8.03. The Kier molecular flexibility index (Phi) is 7.48. The minimum Gasteiger partial charge on any atom is -0.497 e. The van der Waals surface area contributed by atoms with Gasteiger partial charge >= 0.3 is 0 Å². The maximum atomic E-state index is 5.50. The molecule has 1 atom stereocenters. The van der Waals surface area contributed by atoms with Gasteiger partial charge < -0.3 is 19.5 Å². The molecule has 0 heterocycles. The first-order valence-corrected chi connectivity index (χ1v) is 6.81. The van der Waals surface area contributed by atoms with Crippen LogP contribution in [0.1, 0.15) is 32.4 Å². The van der Waals surface area contributed by atoms with E-state index in [2.05, 4.69) is 18.3 Å². The fourth-order valence-electron chi connectivity index (χ4n) is 1.84. The topological polar surface area (TPSA) is 39.7 Å². The minimum atomic E-state index is -0.192. The van der Waals surface area contributed by atoms with Crippen LogP contribution in [0.4, 0.5) is 0 Å².